The predicted octanol–water partition coefficient (Wildman–Crippen LogP) is 0.727. The summed E-state index contributed by atoms with van der Waals surface area (Å²) in [5.74, 6) is 0.199. The highest BCUT2D eigenvalue weighted by Gasteiger charge is 2.16. The molecule has 0 spiro atoms. The van der Waals surface area contributed by atoms with E-state index in [0.29, 0.717) is 11.0 Å². The lowest BCUT2D eigenvalue weighted by Crippen LogP contribution is -2.37. The van der Waals surface area contributed by atoms with Crippen LogP contribution in [0, 0.1) is 5.92 Å². The van der Waals surface area contributed by atoms with Crippen LogP contribution in [0.4, 0.5) is 5.13 Å². The third kappa shape index (κ3) is 3.32. The number of carbonyl (C=O) groups is 1. The third-order valence-electron chi connectivity index (χ3n) is 3.94. The number of nitrogens with zero attached hydrogens (tertiary/aromatic N) is 5. The molecule has 3 rings (SSSR count). The smallest absolute Gasteiger partial charge is 0.315 e. The van der Waals surface area contributed by atoms with Crippen LogP contribution in [0.5, 0.6) is 0 Å². The van der Waals surface area contributed by atoms with E-state index >= 15 is 0 Å². The van der Waals surface area contributed by atoms with Crippen molar-refractivity contribution in [1.82, 2.24) is 23.7 Å². The van der Waals surface area contributed by atoms with Crippen LogP contribution in [0.1, 0.15) is 18.7 Å². The van der Waals surface area contributed by atoms with E-state index in [2.05, 4.69) is 29.1 Å². The van der Waals surface area contributed by atoms with E-state index in [9.17, 15) is 14.4 Å². The molecule has 0 aliphatic carbocycles. The molecule has 3 aromatic heterocycles. The van der Waals surface area contributed by atoms with Gasteiger partial charge in [0.2, 0.25) is 5.91 Å². The van der Waals surface area contributed by atoms with Crippen molar-refractivity contribution < 1.29 is 4.79 Å². The molecule has 0 aliphatic heterocycles. The van der Waals surface area contributed by atoms with Gasteiger partial charge in [0.1, 0.15) is 6.54 Å². The number of rotatable bonds is 5. The van der Waals surface area contributed by atoms with Gasteiger partial charge in [-0.05, 0) is 12.3 Å². The standard InChI is InChI=1S/C16H20N6O3S/c1-9(2)5-10-6-17-15(26-10)19-11(23)7-22-8-18-13-12(22)14(24)21(4)16(25)20(13)3/h6,8-9H,5,7H2,1-4H3,(H,17,19,23). The zero-order valence-electron chi connectivity index (χ0n) is 15.0. The minimum atomic E-state index is -0.484. The second kappa shape index (κ2) is 6.87. The number of nitrogens with one attached hydrogen (secondary N) is 1. The molecule has 0 unspecified atom stereocenters. The van der Waals surface area contributed by atoms with Gasteiger partial charge in [-0.3, -0.25) is 18.7 Å². The number of amides is 1. The number of hydrogen-bond donors (Lipinski definition) is 1. The van der Waals surface area contributed by atoms with Crippen LogP contribution in [0.15, 0.2) is 22.1 Å². The van der Waals surface area contributed by atoms with Crippen molar-refractivity contribution >= 4 is 33.5 Å². The molecule has 0 atom stereocenters. The third-order valence-corrected chi connectivity index (χ3v) is 4.88. The summed E-state index contributed by atoms with van der Waals surface area (Å²) in [5, 5.41) is 3.26. The molecule has 3 aromatic rings. The minimum Gasteiger partial charge on any atom is -0.315 e. The maximum Gasteiger partial charge on any atom is 0.332 e. The Morgan fingerprint density at radius 2 is 1.96 bits per heavy atom. The molecule has 3 heterocycles. The second-order valence-electron chi connectivity index (χ2n) is 6.53. The summed E-state index contributed by atoms with van der Waals surface area (Å²) in [6.07, 6.45) is 4.05. The number of aryl methyl sites for hydroxylation is 1. The number of hydrogen-bond acceptors (Lipinski definition) is 6. The van der Waals surface area contributed by atoms with Crippen LogP contribution in [0.2, 0.25) is 0 Å². The Morgan fingerprint density at radius 1 is 1.23 bits per heavy atom. The number of aromatic nitrogens is 5. The van der Waals surface area contributed by atoms with Crippen LogP contribution in [0.3, 0.4) is 0 Å². The molecular formula is C16H20N6O3S. The SMILES string of the molecule is CC(C)Cc1cnc(NC(=O)Cn2cnc3c2c(=O)n(C)c(=O)n3C)s1. The lowest BCUT2D eigenvalue weighted by atomic mass is 10.1. The first-order valence-corrected chi connectivity index (χ1v) is 8.95. The summed E-state index contributed by atoms with van der Waals surface area (Å²) >= 11 is 1.44. The van der Waals surface area contributed by atoms with E-state index in [-0.39, 0.29) is 23.6 Å². The lowest BCUT2D eigenvalue weighted by Gasteiger charge is -2.06. The van der Waals surface area contributed by atoms with Crippen molar-refractivity contribution in [1.29, 1.82) is 0 Å². The fourth-order valence-electron chi connectivity index (χ4n) is 2.69. The van der Waals surface area contributed by atoms with Gasteiger partial charge < -0.3 is 9.88 Å². The van der Waals surface area contributed by atoms with Crippen molar-refractivity contribution in [3.05, 3.63) is 38.2 Å². The van der Waals surface area contributed by atoms with Crippen molar-refractivity contribution in [2.24, 2.45) is 20.0 Å². The highest BCUT2D eigenvalue weighted by Crippen LogP contribution is 2.21. The second-order valence-corrected chi connectivity index (χ2v) is 7.64. The van der Waals surface area contributed by atoms with E-state index < -0.39 is 11.2 Å². The molecule has 9 nitrogen and oxygen atoms in total. The lowest BCUT2D eigenvalue weighted by molar-refractivity contribution is -0.116. The van der Waals surface area contributed by atoms with E-state index in [1.807, 2.05) is 0 Å². The highest BCUT2D eigenvalue weighted by atomic mass is 32.1. The molecule has 0 saturated carbocycles. The van der Waals surface area contributed by atoms with Crippen molar-refractivity contribution in [2.45, 2.75) is 26.8 Å². The maximum absolute atomic E-state index is 12.4. The molecule has 26 heavy (non-hydrogen) atoms. The largest absolute Gasteiger partial charge is 0.332 e. The minimum absolute atomic E-state index is 0.0942. The van der Waals surface area contributed by atoms with Crippen LogP contribution in [-0.4, -0.2) is 29.6 Å². The van der Waals surface area contributed by atoms with Crippen molar-refractivity contribution in [3.8, 4) is 0 Å². The van der Waals surface area contributed by atoms with E-state index in [1.54, 1.807) is 6.20 Å². The normalized spacial score (nSPS) is 11.4. The molecule has 0 aromatic carbocycles. The van der Waals surface area contributed by atoms with Crippen LogP contribution >= 0.6 is 11.3 Å². The first-order chi connectivity index (χ1) is 12.3. The topological polar surface area (TPSA) is 104 Å². The Bertz CT molecular complexity index is 1090. The molecule has 0 saturated heterocycles. The van der Waals surface area contributed by atoms with Gasteiger partial charge in [0.05, 0.1) is 6.33 Å². The summed E-state index contributed by atoms with van der Waals surface area (Å²) in [5.41, 5.74) is -0.483. The summed E-state index contributed by atoms with van der Waals surface area (Å²) in [6, 6.07) is 0. The zero-order chi connectivity index (χ0) is 19.0. The molecule has 1 amide bonds. The van der Waals surface area contributed by atoms with Gasteiger partial charge in [-0.2, -0.15) is 0 Å². The monoisotopic (exact) mass is 376 g/mol. The summed E-state index contributed by atoms with van der Waals surface area (Å²) < 4.78 is 3.72. The fraction of sp³-hybridized carbons (Fsp3) is 0.438. The molecule has 0 fully saturated rings. The summed E-state index contributed by atoms with van der Waals surface area (Å²) in [4.78, 5) is 46.1. The Kier molecular flexibility index (Phi) is 4.77. The number of imidazole rings is 1. The summed E-state index contributed by atoms with van der Waals surface area (Å²) in [6.45, 7) is 4.15. The first kappa shape index (κ1) is 18.1. The van der Waals surface area contributed by atoms with Gasteiger partial charge in [-0.15, -0.1) is 11.3 Å². The fourth-order valence-corrected chi connectivity index (χ4v) is 3.73. The average molecular weight is 376 g/mol. The Morgan fingerprint density at radius 3 is 2.65 bits per heavy atom. The van der Waals surface area contributed by atoms with Crippen molar-refractivity contribution in [3.63, 3.8) is 0 Å². The van der Waals surface area contributed by atoms with Gasteiger partial charge in [-0.25, -0.2) is 14.8 Å². The zero-order valence-corrected chi connectivity index (χ0v) is 15.8. The molecular weight excluding hydrogens is 356 g/mol. The summed E-state index contributed by atoms with van der Waals surface area (Å²) in [7, 11) is 2.93. The van der Waals surface area contributed by atoms with Crippen LogP contribution < -0.4 is 16.6 Å². The Labute approximate surface area is 152 Å². The van der Waals surface area contributed by atoms with Crippen molar-refractivity contribution in [2.75, 3.05) is 5.32 Å². The number of carbonyl (C=O) groups excluding carboxylic acids is 1. The molecule has 0 radical (unpaired) electrons. The van der Waals surface area contributed by atoms with Gasteiger partial charge in [-0.1, -0.05) is 13.8 Å². The van der Waals surface area contributed by atoms with Gasteiger partial charge >= 0.3 is 5.69 Å². The predicted molar refractivity (Wildman–Crippen MR) is 99.5 cm³/mol. The van der Waals surface area contributed by atoms with Gasteiger partial charge in [0, 0.05) is 25.2 Å². The number of thiazole rings is 1. The Balaban J connectivity index is 1.83. The van der Waals surface area contributed by atoms with Crippen LogP contribution in [0.25, 0.3) is 11.2 Å². The molecule has 1 N–H and O–H groups in total. The van der Waals surface area contributed by atoms with Crippen LogP contribution in [-0.2, 0) is 31.9 Å². The quantitative estimate of drug-likeness (QED) is 0.707. The average Bonchev–Trinajstić information content (AvgIpc) is 3.17. The first-order valence-electron chi connectivity index (χ1n) is 8.13. The van der Waals surface area contributed by atoms with E-state index in [4.69, 9.17) is 0 Å². The van der Waals surface area contributed by atoms with Gasteiger partial charge in [0.15, 0.2) is 16.3 Å². The molecule has 0 bridgehead atoms. The van der Waals surface area contributed by atoms with E-state index in [0.717, 1.165) is 15.9 Å². The van der Waals surface area contributed by atoms with E-state index in [1.165, 1.54) is 40.9 Å². The highest BCUT2D eigenvalue weighted by molar-refractivity contribution is 7.15. The molecule has 10 heteroatoms. The Hall–Kier alpha value is -2.75. The number of anilines is 1. The maximum atomic E-state index is 12.4. The molecule has 138 valence electrons. The number of fused-ring (bicyclic) bond motifs is 1. The molecule has 0 aliphatic rings. The van der Waals surface area contributed by atoms with Gasteiger partial charge in [0.25, 0.3) is 5.56 Å².